The Labute approximate surface area is 255 Å². The first-order valence-corrected chi connectivity index (χ1v) is 17.1. The highest BCUT2D eigenvalue weighted by atomic mass is 31.2. The fourth-order valence-corrected chi connectivity index (χ4v) is 8.19. The summed E-state index contributed by atoms with van der Waals surface area (Å²) in [5.74, 6) is -1.99. The van der Waals surface area contributed by atoms with Crippen LogP contribution in [0.5, 0.6) is 0 Å². The molecule has 3 aromatic rings. The summed E-state index contributed by atoms with van der Waals surface area (Å²) in [5.41, 5.74) is 1.70. The number of benzene rings is 3. The van der Waals surface area contributed by atoms with Gasteiger partial charge in [-0.3, -0.25) is 29.4 Å². The first-order chi connectivity index (χ1) is 21.0. The number of non-ortho nitro benzene ring substituents is 2. The summed E-state index contributed by atoms with van der Waals surface area (Å²) in [5, 5.41) is 28.7. The highest BCUT2D eigenvalue weighted by molar-refractivity contribution is 7.54. The Bertz CT molecular complexity index is 1360. The average Bonchev–Trinajstić information content (AvgIpc) is 3.00. The highest BCUT2D eigenvalue weighted by Gasteiger charge is 2.39. The van der Waals surface area contributed by atoms with Crippen molar-refractivity contribution in [3.05, 3.63) is 104 Å². The molecule has 0 bridgehead atoms. The van der Waals surface area contributed by atoms with Gasteiger partial charge in [-0.25, -0.2) is 0 Å². The fraction of sp³-hybridized carbons (Fsp3) is 0.357. The molecule has 0 spiro atoms. The van der Waals surface area contributed by atoms with E-state index >= 15 is 0 Å². The monoisotopic (exact) mass is 650 g/mol. The summed E-state index contributed by atoms with van der Waals surface area (Å²) in [6.07, 6.45) is 0. The van der Waals surface area contributed by atoms with Gasteiger partial charge in [0.15, 0.2) is 11.6 Å². The van der Waals surface area contributed by atoms with Gasteiger partial charge in [-0.1, -0.05) is 0 Å². The number of nitrogens with zero attached hydrogens (tertiary/aromatic N) is 2. The lowest BCUT2D eigenvalue weighted by molar-refractivity contribution is -0.385. The van der Waals surface area contributed by atoms with E-state index in [1.54, 1.807) is 52.0 Å². The first kappa shape index (κ1) is 34.8. The van der Waals surface area contributed by atoms with Crippen LogP contribution in [0.3, 0.4) is 0 Å². The third-order valence-electron chi connectivity index (χ3n) is 6.20. The molecule has 0 radical (unpaired) electrons. The first-order valence-electron chi connectivity index (χ1n) is 13.9. The van der Waals surface area contributed by atoms with Gasteiger partial charge in [0.2, 0.25) is 0 Å². The number of rotatable bonds is 18. The predicted molar refractivity (Wildman–Crippen MR) is 167 cm³/mol. The Morgan fingerprint density at radius 3 is 1.07 bits per heavy atom. The van der Waals surface area contributed by atoms with Gasteiger partial charge in [0.05, 0.1) is 36.3 Å². The van der Waals surface area contributed by atoms with Crippen LogP contribution < -0.4 is 10.6 Å². The van der Waals surface area contributed by atoms with Gasteiger partial charge in [-0.05, 0) is 87.4 Å². The zero-order valence-corrected chi connectivity index (χ0v) is 26.6. The van der Waals surface area contributed by atoms with Crippen molar-refractivity contribution in [1.82, 2.24) is 0 Å². The lowest BCUT2D eigenvalue weighted by Gasteiger charge is -2.29. The fourth-order valence-electron chi connectivity index (χ4n) is 4.32. The van der Waals surface area contributed by atoms with Gasteiger partial charge in [-0.2, -0.15) is 0 Å². The Morgan fingerprint density at radius 2 is 0.841 bits per heavy atom. The lowest BCUT2D eigenvalue weighted by atomic mass is 10.2. The second-order valence-corrected chi connectivity index (χ2v) is 13.3. The van der Waals surface area contributed by atoms with Crippen LogP contribution in [-0.4, -0.2) is 36.3 Å². The van der Waals surface area contributed by atoms with Crippen LogP contribution in [0.4, 0.5) is 22.7 Å². The number of hydrogen-bond donors (Lipinski definition) is 2. The molecule has 0 heterocycles. The van der Waals surface area contributed by atoms with Gasteiger partial charge in [-0.15, -0.1) is 0 Å². The molecule has 0 saturated carbocycles. The van der Waals surface area contributed by atoms with Crippen molar-refractivity contribution >= 4 is 37.9 Å². The number of nitro groups is 2. The number of nitro benzene ring substituents is 2. The molecule has 0 aromatic heterocycles. The predicted octanol–water partition coefficient (Wildman–Crippen LogP) is 8.26. The van der Waals surface area contributed by atoms with E-state index in [0.717, 1.165) is 0 Å². The molecular formula is C28H36N4O10P2. The molecular weight excluding hydrogens is 614 g/mol. The number of anilines is 2. The van der Waals surface area contributed by atoms with Crippen molar-refractivity contribution in [2.45, 2.75) is 39.3 Å². The molecule has 3 rings (SSSR count). The maximum Gasteiger partial charge on any atom is 0.357 e. The molecule has 0 aliphatic heterocycles. The number of hydrogen-bond acceptors (Lipinski definition) is 12. The summed E-state index contributed by atoms with van der Waals surface area (Å²) < 4.78 is 50.1. The molecule has 16 heteroatoms. The SMILES string of the molecule is CCOP(=O)(OCC)C(Nc1ccc(NC(c2ccc([N+](=O)[O-])cc2)P(=O)(OCC)OCC)cc1)c1ccc([N+](=O)[O-])cc1. The van der Waals surface area contributed by atoms with Gasteiger partial charge < -0.3 is 28.7 Å². The van der Waals surface area contributed by atoms with E-state index < -0.39 is 36.6 Å². The Morgan fingerprint density at radius 1 is 0.568 bits per heavy atom. The van der Waals surface area contributed by atoms with E-state index in [9.17, 15) is 29.4 Å². The highest BCUT2D eigenvalue weighted by Crippen LogP contribution is 2.62. The zero-order valence-electron chi connectivity index (χ0n) is 24.8. The largest absolute Gasteiger partial charge is 0.368 e. The van der Waals surface area contributed by atoms with Crippen LogP contribution in [0.25, 0.3) is 0 Å². The topological polar surface area (TPSA) is 181 Å². The molecule has 0 amide bonds. The second-order valence-electron chi connectivity index (χ2n) is 9.12. The zero-order chi connectivity index (χ0) is 32.3. The summed E-state index contributed by atoms with van der Waals surface area (Å²) >= 11 is 0. The van der Waals surface area contributed by atoms with Crippen molar-refractivity contribution in [3.63, 3.8) is 0 Å². The summed E-state index contributed by atoms with van der Waals surface area (Å²) in [4.78, 5) is 21.3. The second kappa shape index (κ2) is 15.9. The Kier molecular flexibility index (Phi) is 12.6. The molecule has 0 aliphatic carbocycles. The third-order valence-corrected chi connectivity index (χ3v) is 10.8. The van der Waals surface area contributed by atoms with Crippen LogP contribution in [0, 0.1) is 20.2 Å². The van der Waals surface area contributed by atoms with E-state index in [1.807, 2.05) is 0 Å². The van der Waals surface area contributed by atoms with Gasteiger partial charge in [0.1, 0.15) is 0 Å². The smallest absolute Gasteiger partial charge is 0.357 e. The molecule has 238 valence electrons. The van der Waals surface area contributed by atoms with Gasteiger partial charge >= 0.3 is 15.2 Å². The number of nitrogens with one attached hydrogen (secondary N) is 2. The van der Waals surface area contributed by atoms with Crippen molar-refractivity contribution < 1.29 is 37.1 Å². The van der Waals surface area contributed by atoms with Crippen molar-refractivity contribution in [3.8, 4) is 0 Å². The van der Waals surface area contributed by atoms with Crippen LogP contribution in [0.2, 0.25) is 0 Å². The molecule has 2 unspecified atom stereocenters. The Balaban J connectivity index is 1.96. The summed E-state index contributed by atoms with van der Waals surface area (Å²) in [7, 11) is -7.59. The summed E-state index contributed by atoms with van der Waals surface area (Å²) in [6.45, 7) is 7.16. The van der Waals surface area contributed by atoms with E-state index in [-0.39, 0.29) is 37.8 Å². The Hall–Kier alpha value is -3.64. The minimum absolute atomic E-state index is 0.106. The lowest BCUT2D eigenvalue weighted by Crippen LogP contribution is -2.16. The van der Waals surface area contributed by atoms with Crippen LogP contribution >= 0.6 is 15.2 Å². The molecule has 3 aromatic carbocycles. The van der Waals surface area contributed by atoms with Crippen LogP contribution in [0.1, 0.15) is 50.4 Å². The van der Waals surface area contributed by atoms with Gasteiger partial charge in [0.25, 0.3) is 11.4 Å². The van der Waals surface area contributed by atoms with Crippen molar-refractivity contribution in [2.75, 3.05) is 37.1 Å². The molecule has 2 atom stereocenters. The minimum atomic E-state index is -3.79. The van der Waals surface area contributed by atoms with E-state index in [4.69, 9.17) is 18.1 Å². The maximum absolute atomic E-state index is 13.9. The molecule has 0 aliphatic rings. The summed E-state index contributed by atoms with van der Waals surface area (Å²) in [6, 6.07) is 17.9. The minimum Gasteiger partial charge on any atom is -0.368 e. The van der Waals surface area contributed by atoms with Crippen LogP contribution in [-0.2, 0) is 27.2 Å². The molecule has 0 fully saturated rings. The van der Waals surface area contributed by atoms with Crippen molar-refractivity contribution in [2.24, 2.45) is 0 Å². The van der Waals surface area contributed by atoms with E-state index in [2.05, 4.69) is 10.6 Å². The average molecular weight is 651 g/mol. The maximum atomic E-state index is 13.9. The van der Waals surface area contributed by atoms with Crippen LogP contribution in [0.15, 0.2) is 72.8 Å². The van der Waals surface area contributed by atoms with E-state index in [0.29, 0.717) is 22.5 Å². The standard InChI is InChI=1S/C28H36N4O10P2/c1-5-39-43(37,40-6-2)27(21-9-17-25(18-10-21)31(33)34)29-23-13-15-24(16-14-23)30-28(44(38,41-7-3)42-8-4)22-11-19-26(20-12-22)32(35)36/h9-20,27-30H,5-8H2,1-4H3. The molecule has 14 nitrogen and oxygen atoms in total. The molecule has 0 saturated heterocycles. The van der Waals surface area contributed by atoms with Crippen molar-refractivity contribution in [1.29, 1.82) is 0 Å². The van der Waals surface area contributed by atoms with E-state index in [1.165, 1.54) is 48.5 Å². The normalized spacial score (nSPS) is 13.2. The quantitative estimate of drug-likeness (QED) is 0.0765. The molecule has 2 N–H and O–H groups in total. The third kappa shape index (κ3) is 8.72. The molecule has 44 heavy (non-hydrogen) atoms. The van der Waals surface area contributed by atoms with Gasteiger partial charge in [0, 0.05) is 35.6 Å².